The van der Waals surface area contributed by atoms with E-state index >= 15 is 0 Å². The van der Waals surface area contributed by atoms with Gasteiger partial charge in [0, 0.05) is 36.6 Å². The fourth-order valence-corrected chi connectivity index (χ4v) is 2.62. The number of hydrogen-bond acceptors (Lipinski definition) is 4. The SMILES string of the molecule is N#Cc1cccnc1-c1ccc(C(=O)NC2CCOCC2)cc1. The Morgan fingerprint density at radius 1 is 1.22 bits per heavy atom. The number of nitriles is 1. The molecule has 0 radical (unpaired) electrons. The number of nitrogens with zero attached hydrogens (tertiary/aromatic N) is 2. The quantitative estimate of drug-likeness (QED) is 0.945. The highest BCUT2D eigenvalue weighted by Gasteiger charge is 2.17. The number of amides is 1. The second-order valence-electron chi connectivity index (χ2n) is 5.45. The summed E-state index contributed by atoms with van der Waals surface area (Å²) in [4.78, 5) is 16.5. The Kier molecular flexibility index (Phi) is 4.65. The third-order valence-electron chi connectivity index (χ3n) is 3.91. The molecule has 0 bridgehead atoms. The van der Waals surface area contributed by atoms with E-state index in [1.807, 2.05) is 12.1 Å². The maximum absolute atomic E-state index is 12.3. The fourth-order valence-electron chi connectivity index (χ4n) is 2.62. The number of ether oxygens (including phenoxy) is 1. The molecule has 5 nitrogen and oxygen atoms in total. The number of nitrogens with one attached hydrogen (secondary N) is 1. The Labute approximate surface area is 134 Å². The van der Waals surface area contributed by atoms with Crippen molar-refractivity contribution in [1.82, 2.24) is 10.3 Å². The van der Waals surface area contributed by atoms with Crippen molar-refractivity contribution in [1.29, 1.82) is 5.26 Å². The maximum Gasteiger partial charge on any atom is 0.251 e. The van der Waals surface area contributed by atoms with Crippen LogP contribution in [0, 0.1) is 11.3 Å². The lowest BCUT2D eigenvalue weighted by Crippen LogP contribution is -2.38. The molecular weight excluding hydrogens is 290 g/mol. The van der Waals surface area contributed by atoms with Gasteiger partial charge in [-0.2, -0.15) is 5.26 Å². The summed E-state index contributed by atoms with van der Waals surface area (Å²) in [6.07, 6.45) is 3.36. The lowest BCUT2D eigenvalue weighted by atomic mass is 10.0. The first-order chi connectivity index (χ1) is 11.3. The largest absolute Gasteiger partial charge is 0.381 e. The highest BCUT2D eigenvalue weighted by Crippen LogP contribution is 2.21. The van der Waals surface area contributed by atoms with Gasteiger partial charge < -0.3 is 10.1 Å². The van der Waals surface area contributed by atoms with Crippen molar-refractivity contribution in [3.8, 4) is 17.3 Å². The highest BCUT2D eigenvalue weighted by atomic mass is 16.5. The summed E-state index contributed by atoms with van der Waals surface area (Å²) in [6, 6.07) is 12.9. The topological polar surface area (TPSA) is 75.0 Å². The molecule has 23 heavy (non-hydrogen) atoms. The number of hydrogen-bond donors (Lipinski definition) is 1. The fraction of sp³-hybridized carbons (Fsp3) is 0.278. The lowest BCUT2D eigenvalue weighted by molar-refractivity contribution is 0.0696. The molecule has 0 aliphatic carbocycles. The van der Waals surface area contributed by atoms with Gasteiger partial charge in [0.05, 0.1) is 11.3 Å². The highest BCUT2D eigenvalue weighted by molar-refractivity contribution is 5.94. The van der Waals surface area contributed by atoms with E-state index < -0.39 is 0 Å². The van der Waals surface area contributed by atoms with Crippen molar-refractivity contribution in [2.45, 2.75) is 18.9 Å². The Morgan fingerprint density at radius 2 is 1.96 bits per heavy atom. The van der Waals surface area contributed by atoms with Crippen molar-refractivity contribution in [2.75, 3.05) is 13.2 Å². The number of carbonyl (C=O) groups is 1. The van der Waals surface area contributed by atoms with Gasteiger partial charge >= 0.3 is 0 Å². The van der Waals surface area contributed by atoms with E-state index in [0.717, 1.165) is 18.4 Å². The van der Waals surface area contributed by atoms with Gasteiger partial charge in [-0.1, -0.05) is 12.1 Å². The first-order valence-electron chi connectivity index (χ1n) is 7.62. The number of aromatic nitrogens is 1. The lowest BCUT2D eigenvalue weighted by Gasteiger charge is -2.23. The van der Waals surface area contributed by atoms with Crippen LogP contribution in [0.1, 0.15) is 28.8 Å². The summed E-state index contributed by atoms with van der Waals surface area (Å²) in [6.45, 7) is 1.39. The van der Waals surface area contributed by atoms with Crippen molar-refractivity contribution >= 4 is 5.91 Å². The van der Waals surface area contributed by atoms with Crippen molar-refractivity contribution in [3.63, 3.8) is 0 Å². The number of rotatable bonds is 3. The second kappa shape index (κ2) is 7.03. The zero-order valence-electron chi connectivity index (χ0n) is 12.7. The molecule has 1 aliphatic heterocycles. The molecule has 0 unspecified atom stereocenters. The van der Waals surface area contributed by atoms with Crippen molar-refractivity contribution in [2.24, 2.45) is 0 Å². The molecule has 0 spiro atoms. The molecule has 1 aromatic heterocycles. The molecule has 1 fully saturated rings. The van der Waals surface area contributed by atoms with E-state index in [-0.39, 0.29) is 11.9 Å². The summed E-state index contributed by atoms with van der Waals surface area (Å²) < 4.78 is 5.29. The third kappa shape index (κ3) is 3.55. The zero-order valence-corrected chi connectivity index (χ0v) is 12.7. The molecule has 116 valence electrons. The Hall–Kier alpha value is -2.71. The van der Waals surface area contributed by atoms with Gasteiger partial charge in [0.15, 0.2) is 0 Å². The summed E-state index contributed by atoms with van der Waals surface area (Å²) >= 11 is 0. The first kappa shape index (κ1) is 15.2. The van der Waals surface area contributed by atoms with E-state index in [0.29, 0.717) is 30.0 Å². The van der Waals surface area contributed by atoms with E-state index in [4.69, 9.17) is 10.00 Å². The van der Waals surface area contributed by atoms with Crippen LogP contribution in [0.4, 0.5) is 0 Å². The molecule has 1 aromatic carbocycles. The van der Waals surface area contributed by atoms with E-state index in [2.05, 4.69) is 16.4 Å². The molecule has 0 saturated carbocycles. The molecular formula is C18H17N3O2. The van der Waals surface area contributed by atoms with Crippen LogP contribution < -0.4 is 5.32 Å². The molecule has 1 N–H and O–H groups in total. The van der Waals surface area contributed by atoms with Gasteiger partial charge in [-0.25, -0.2) is 0 Å². The molecule has 1 saturated heterocycles. The maximum atomic E-state index is 12.3. The minimum Gasteiger partial charge on any atom is -0.381 e. The summed E-state index contributed by atoms with van der Waals surface area (Å²) in [7, 11) is 0. The van der Waals surface area contributed by atoms with Gasteiger partial charge in [0.25, 0.3) is 5.91 Å². The summed E-state index contributed by atoms with van der Waals surface area (Å²) in [5, 5.41) is 12.2. The van der Waals surface area contributed by atoms with Gasteiger partial charge in [-0.05, 0) is 37.1 Å². The molecule has 1 aliphatic rings. The van der Waals surface area contributed by atoms with Crippen LogP contribution in [-0.2, 0) is 4.74 Å². The number of benzene rings is 1. The third-order valence-corrected chi connectivity index (χ3v) is 3.91. The monoisotopic (exact) mass is 307 g/mol. The van der Waals surface area contributed by atoms with E-state index in [1.54, 1.807) is 30.5 Å². The predicted octanol–water partition coefficient (Wildman–Crippen LogP) is 2.53. The predicted molar refractivity (Wildman–Crippen MR) is 85.7 cm³/mol. The molecule has 5 heteroatoms. The first-order valence-corrected chi connectivity index (χ1v) is 7.62. The van der Waals surface area contributed by atoms with Crippen LogP contribution in [0.25, 0.3) is 11.3 Å². The minimum absolute atomic E-state index is 0.0787. The number of carbonyl (C=O) groups excluding carboxylic acids is 1. The van der Waals surface area contributed by atoms with Crippen LogP contribution in [0.2, 0.25) is 0 Å². The van der Waals surface area contributed by atoms with Crippen LogP contribution in [0.15, 0.2) is 42.6 Å². The molecule has 3 rings (SSSR count). The van der Waals surface area contributed by atoms with E-state index in [9.17, 15) is 4.79 Å². The van der Waals surface area contributed by atoms with Crippen molar-refractivity contribution < 1.29 is 9.53 Å². The standard InChI is InChI=1S/C18H17N3O2/c19-12-15-2-1-9-20-17(15)13-3-5-14(6-4-13)18(22)21-16-7-10-23-11-8-16/h1-6,9,16H,7-8,10-11H2,(H,21,22). The summed E-state index contributed by atoms with van der Waals surface area (Å²) in [5.74, 6) is -0.0787. The smallest absolute Gasteiger partial charge is 0.251 e. The average molecular weight is 307 g/mol. The Bertz CT molecular complexity index is 729. The number of pyridine rings is 1. The van der Waals surface area contributed by atoms with Gasteiger partial charge in [-0.15, -0.1) is 0 Å². The summed E-state index contributed by atoms with van der Waals surface area (Å²) in [5.41, 5.74) is 2.58. The van der Waals surface area contributed by atoms with Gasteiger partial charge in [0.1, 0.15) is 6.07 Å². The van der Waals surface area contributed by atoms with Gasteiger partial charge in [0.2, 0.25) is 0 Å². The minimum atomic E-state index is -0.0787. The molecule has 1 amide bonds. The zero-order chi connectivity index (χ0) is 16.1. The van der Waals surface area contributed by atoms with Crippen molar-refractivity contribution in [3.05, 3.63) is 53.7 Å². The van der Waals surface area contributed by atoms with Crippen LogP contribution >= 0.6 is 0 Å². The Balaban J connectivity index is 1.74. The normalized spacial score (nSPS) is 14.9. The van der Waals surface area contributed by atoms with Crippen LogP contribution in [0.3, 0.4) is 0 Å². The molecule has 0 atom stereocenters. The second-order valence-corrected chi connectivity index (χ2v) is 5.45. The molecule has 2 aromatic rings. The Morgan fingerprint density at radius 3 is 2.65 bits per heavy atom. The average Bonchev–Trinajstić information content (AvgIpc) is 2.62. The van der Waals surface area contributed by atoms with Crippen LogP contribution in [0.5, 0.6) is 0 Å². The molecule has 2 heterocycles. The van der Waals surface area contributed by atoms with E-state index in [1.165, 1.54) is 0 Å². The van der Waals surface area contributed by atoms with Crippen LogP contribution in [-0.4, -0.2) is 30.1 Å². The van der Waals surface area contributed by atoms with Gasteiger partial charge in [-0.3, -0.25) is 9.78 Å².